The van der Waals surface area contributed by atoms with Crippen LogP contribution >= 0.6 is 0 Å². The molecule has 148 valence electrons. The molecule has 28 heavy (non-hydrogen) atoms. The van der Waals surface area contributed by atoms with Gasteiger partial charge in [-0.05, 0) is 54.9 Å². The molecule has 2 rings (SSSR count). The molecule has 0 fully saturated rings. The number of hydrogen-bond acceptors (Lipinski definition) is 4. The fourth-order valence-electron chi connectivity index (χ4n) is 3.27. The molecule has 0 aliphatic heterocycles. The number of aryl methyl sites for hydroxylation is 1. The van der Waals surface area contributed by atoms with Gasteiger partial charge in [0.1, 0.15) is 5.75 Å². The Morgan fingerprint density at radius 2 is 1.89 bits per heavy atom. The summed E-state index contributed by atoms with van der Waals surface area (Å²) in [7, 11) is 1.66. The van der Waals surface area contributed by atoms with E-state index in [4.69, 9.17) is 10.00 Å². The number of likely N-dealkylation sites (N-methyl/N-ethyl adjacent to an activating group) is 1. The Labute approximate surface area is 167 Å². The molecule has 0 heterocycles. The molecule has 0 radical (unpaired) electrons. The zero-order valence-electron chi connectivity index (χ0n) is 16.9. The van der Waals surface area contributed by atoms with Crippen molar-refractivity contribution in [2.45, 2.75) is 32.7 Å². The molecular formula is C23H29N3O2. The molecule has 1 atom stereocenters. The van der Waals surface area contributed by atoms with E-state index in [0.29, 0.717) is 24.9 Å². The maximum atomic E-state index is 12.4. The number of nitrogens with zero attached hydrogens (tertiary/aromatic N) is 2. The van der Waals surface area contributed by atoms with E-state index < -0.39 is 0 Å². The third-order valence-corrected chi connectivity index (χ3v) is 4.95. The van der Waals surface area contributed by atoms with Crippen molar-refractivity contribution in [1.29, 1.82) is 5.26 Å². The maximum Gasteiger partial charge on any atom is 0.220 e. The van der Waals surface area contributed by atoms with Gasteiger partial charge in [-0.2, -0.15) is 5.26 Å². The van der Waals surface area contributed by atoms with Crippen molar-refractivity contribution in [3.8, 4) is 11.8 Å². The molecule has 5 heteroatoms. The van der Waals surface area contributed by atoms with Gasteiger partial charge in [-0.1, -0.05) is 38.1 Å². The van der Waals surface area contributed by atoms with E-state index in [0.717, 1.165) is 30.0 Å². The molecule has 0 aliphatic carbocycles. The lowest BCUT2D eigenvalue weighted by molar-refractivity contribution is -0.121. The number of rotatable bonds is 10. The number of ether oxygens (including phenoxy) is 1. The van der Waals surface area contributed by atoms with Crippen LogP contribution in [0.3, 0.4) is 0 Å². The van der Waals surface area contributed by atoms with Gasteiger partial charge < -0.3 is 10.1 Å². The van der Waals surface area contributed by atoms with Gasteiger partial charge in [0, 0.05) is 13.0 Å². The minimum absolute atomic E-state index is 0.0319. The third kappa shape index (κ3) is 6.11. The first-order chi connectivity index (χ1) is 13.6. The van der Waals surface area contributed by atoms with Gasteiger partial charge in [0.2, 0.25) is 5.91 Å². The van der Waals surface area contributed by atoms with Crippen LogP contribution in [0.2, 0.25) is 0 Å². The minimum atomic E-state index is 0.0319. The van der Waals surface area contributed by atoms with Crippen LogP contribution in [0.4, 0.5) is 0 Å². The van der Waals surface area contributed by atoms with E-state index in [2.05, 4.69) is 36.2 Å². The summed E-state index contributed by atoms with van der Waals surface area (Å²) in [5.74, 6) is 0.853. The summed E-state index contributed by atoms with van der Waals surface area (Å²) in [6, 6.07) is 17.6. The molecule has 2 aromatic carbocycles. The Morgan fingerprint density at radius 3 is 2.50 bits per heavy atom. The largest absolute Gasteiger partial charge is 0.497 e. The summed E-state index contributed by atoms with van der Waals surface area (Å²) in [6.45, 7) is 6.62. The van der Waals surface area contributed by atoms with E-state index in [1.54, 1.807) is 19.2 Å². The lowest BCUT2D eigenvalue weighted by atomic mass is 10.0. The summed E-state index contributed by atoms with van der Waals surface area (Å²) in [4.78, 5) is 14.7. The first-order valence-corrected chi connectivity index (χ1v) is 9.75. The van der Waals surface area contributed by atoms with Crippen LogP contribution < -0.4 is 10.1 Å². The number of nitriles is 1. The van der Waals surface area contributed by atoms with E-state index in [1.807, 2.05) is 30.3 Å². The van der Waals surface area contributed by atoms with Crippen molar-refractivity contribution in [2.24, 2.45) is 0 Å². The smallest absolute Gasteiger partial charge is 0.220 e. The van der Waals surface area contributed by atoms with Crippen LogP contribution in [0.1, 0.15) is 43.0 Å². The van der Waals surface area contributed by atoms with Crippen LogP contribution in [-0.4, -0.2) is 37.6 Å². The topological polar surface area (TPSA) is 65.4 Å². The second-order valence-electron chi connectivity index (χ2n) is 6.63. The van der Waals surface area contributed by atoms with Crippen LogP contribution in [0.25, 0.3) is 0 Å². The Balaban J connectivity index is 1.97. The lowest BCUT2D eigenvalue weighted by Gasteiger charge is -2.30. The molecule has 0 saturated carbocycles. The highest BCUT2D eigenvalue weighted by Crippen LogP contribution is 2.23. The number of hydrogen-bond donors (Lipinski definition) is 1. The summed E-state index contributed by atoms with van der Waals surface area (Å²) >= 11 is 0. The van der Waals surface area contributed by atoms with Crippen molar-refractivity contribution in [2.75, 3.05) is 26.7 Å². The number of carbonyl (C=O) groups is 1. The molecule has 2 aromatic rings. The van der Waals surface area contributed by atoms with Crippen molar-refractivity contribution in [1.82, 2.24) is 10.2 Å². The Morgan fingerprint density at radius 1 is 1.18 bits per heavy atom. The van der Waals surface area contributed by atoms with Gasteiger partial charge in [0.05, 0.1) is 24.8 Å². The summed E-state index contributed by atoms with van der Waals surface area (Å²) in [5, 5.41) is 11.9. The molecule has 1 N–H and O–H groups in total. The average molecular weight is 380 g/mol. The number of benzene rings is 2. The molecule has 5 nitrogen and oxygen atoms in total. The van der Waals surface area contributed by atoms with Crippen molar-refractivity contribution < 1.29 is 9.53 Å². The number of amides is 1. The molecule has 0 aliphatic rings. The Kier molecular flexibility index (Phi) is 8.51. The van der Waals surface area contributed by atoms with Gasteiger partial charge in [0.15, 0.2) is 0 Å². The molecule has 1 amide bonds. The zero-order valence-corrected chi connectivity index (χ0v) is 16.9. The molecular weight excluding hydrogens is 350 g/mol. The summed E-state index contributed by atoms with van der Waals surface area (Å²) < 4.78 is 5.36. The van der Waals surface area contributed by atoms with E-state index >= 15 is 0 Å². The van der Waals surface area contributed by atoms with E-state index in [-0.39, 0.29) is 11.9 Å². The third-order valence-electron chi connectivity index (χ3n) is 4.95. The molecule has 0 bridgehead atoms. The Hall–Kier alpha value is -2.84. The molecule has 0 spiro atoms. The number of carbonyl (C=O) groups excluding carboxylic acids is 1. The van der Waals surface area contributed by atoms with Crippen LogP contribution in [0.5, 0.6) is 5.75 Å². The summed E-state index contributed by atoms with van der Waals surface area (Å²) in [5.41, 5.74) is 2.83. The molecule has 1 unspecified atom stereocenters. The second kappa shape index (κ2) is 11.1. The highest BCUT2D eigenvalue weighted by atomic mass is 16.5. The van der Waals surface area contributed by atoms with E-state index in [9.17, 15) is 4.79 Å². The molecule has 0 saturated heterocycles. The van der Waals surface area contributed by atoms with Gasteiger partial charge in [-0.3, -0.25) is 9.69 Å². The second-order valence-corrected chi connectivity index (χ2v) is 6.63. The van der Waals surface area contributed by atoms with Crippen molar-refractivity contribution in [3.05, 3.63) is 65.2 Å². The highest BCUT2D eigenvalue weighted by molar-refractivity contribution is 5.76. The fraction of sp³-hybridized carbons (Fsp3) is 0.391. The van der Waals surface area contributed by atoms with Gasteiger partial charge >= 0.3 is 0 Å². The van der Waals surface area contributed by atoms with Crippen LogP contribution in [0.15, 0.2) is 48.5 Å². The quantitative estimate of drug-likeness (QED) is 0.684. The van der Waals surface area contributed by atoms with E-state index in [1.165, 1.54) is 0 Å². The Bertz CT molecular complexity index is 792. The highest BCUT2D eigenvalue weighted by Gasteiger charge is 2.19. The van der Waals surface area contributed by atoms with Crippen molar-refractivity contribution in [3.63, 3.8) is 0 Å². The molecule has 0 aromatic heterocycles. The minimum Gasteiger partial charge on any atom is -0.497 e. The SMILES string of the molecule is CCN(CC)C(CNC(=O)CCc1ccc(C#N)cc1)c1cccc(OC)c1. The predicted molar refractivity (Wildman–Crippen MR) is 111 cm³/mol. The first-order valence-electron chi connectivity index (χ1n) is 9.75. The zero-order chi connectivity index (χ0) is 20.4. The van der Waals surface area contributed by atoms with Gasteiger partial charge in [-0.15, -0.1) is 0 Å². The standard InChI is InChI=1S/C23H29N3O2/c1-4-26(5-2)22(20-7-6-8-21(15-20)28-3)17-25-23(27)14-13-18-9-11-19(16-24)12-10-18/h6-12,15,22H,4-5,13-14,17H2,1-3H3,(H,25,27). The average Bonchev–Trinajstić information content (AvgIpc) is 2.75. The first kappa shape index (κ1) is 21.5. The predicted octanol–water partition coefficient (Wildman–Crippen LogP) is 3.70. The normalized spacial score (nSPS) is 11.7. The van der Waals surface area contributed by atoms with Crippen LogP contribution in [-0.2, 0) is 11.2 Å². The number of methoxy groups -OCH3 is 1. The monoisotopic (exact) mass is 379 g/mol. The summed E-state index contributed by atoms with van der Waals surface area (Å²) in [6.07, 6.45) is 1.08. The van der Waals surface area contributed by atoms with Gasteiger partial charge in [-0.25, -0.2) is 0 Å². The van der Waals surface area contributed by atoms with Crippen LogP contribution in [0, 0.1) is 11.3 Å². The maximum absolute atomic E-state index is 12.4. The van der Waals surface area contributed by atoms with Gasteiger partial charge in [0.25, 0.3) is 0 Å². The lowest BCUT2D eigenvalue weighted by Crippen LogP contribution is -2.38. The number of nitrogens with one attached hydrogen (secondary N) is 1. The fourth-order valence-corrected chi connectivity index (χ4v) is 3.27. The van der Waals surface area contributed by atoms with Crippen molar-refractivity contribution >= 4 is 5.91 Å².